The van der Waals surface area contributed by atoms with Crippen molar-refractivity contribution in [1.82, 2.24) is 30.4 Å². The Labute approximate surface area is 225 Å². The third-order valence-electron chi connectivity index (χ3n) is 8.21. The second-order valence-corrected chi connectivity index (χ2v) is 10.7. The third-order valence-corrected chi connectivity index (χ3v) is 8.21. The van der Waals surface area contributed by atoms with Crippen LogP contribution in [0.3, 0.4) is 0 Å². The quantitative estimate of drug-likeness (QED) is 0.478. The Morgan fingerprint density at radius 3 is 2.74 bits per heavy atom. The molecule has 2 amide bonds. The van der Waals surface area contributed by atoms with Crippen molar-refractivity contribution in [1.29, 1.82) is 0 Å². The number of H-pyrrole nitrogens is 1. The summed E-state index contributed by atoms with van der Waals surface area (Å²) in [6, 6.07) is 5.13. The minimum Gasteiger partial charge on any atom is -0.481 e. The standard InChI is InChI=1S/C28H31FN6O4/c1-16-7-18(19-14-39-15-19)11-30-24(16)13-32-26(36)17-3-6-35(28(10-17)4-5-28)27(37)23-9-22(33-34-23)20-8-25(38-2)31-12-21(20)29/h7-9,11-12,17,19H,3-6,10,13-15H2,1-2H3,(H,32,36)(H,33,34)/t17-/m0/s1. The van der Waals surface area contributed by atoms with Gasteiger partial charge in [0.05, 0.1) is 44.5 Å². The van der Waals surface area contributed by atoms with Crippen LogP contribution >= 0.6 is 0 Å². The highest BCUT2D eigenvalue weighted by Crippen LogP contribution is 2.50. The Hall–Kier alpha value is -3.86. The molecule has 2 saturated heterocycles. The number of methoxy groups -OCH3 is 1. The van der Waals surface area contributed by atoms with Gasteiger partial charge in [0.1, 0.15) is 5.69 Å². The molecule has 5 heterocycles. The van der Waals surface area contributed by atoms with E-state index in [1.165, 1.54) is 18.7 Å². The van der Waals surface area contributed by atoms with Crippen molar-refractivity contribution < 1.29 is 23.5 Å². The highest BCUT2D eigenvalue weighted by Gasteiger charge is 2.54. The van der Waals surface area contributed by atoms with Crippen molar-refractivity contribution >= 4 is 11.8 Å². The minimum absolute atomic E-state index is 0.00280. The van der Waals surface area contributed by atoms with Gasteiger partial charge in [-0.1, -0.05) is 6.07 Å². The van der Waals surface area contributed by atoms with Crippen molar-refractivity contribution in [3.8, 4) is 17.1 Å². The van der Waals surface area contributed by atoms with Gasteiger partial charge < -0.3 is 19.7 Å². The molecule has 1 atom stereocenters. The van der Waals surface area contributed by atoms with E-state index in [1.54, 1.807) is 6.07 Å². The molecule has 3 aromatic rings. The summed E-state index contributed by atoms with van der Waals surface area (Å²) in [5.41, 5.74) is 3.55. The molecule has 3 fully saturated rings. The predicted molar refractivity (Wildman–Crippen MR) is 138 cm³/mol. The van der Waals surface area contributed by atoms with Gasteiger partial charge in [0.25, 0.3) is 5.91 Å². The van der Waals surface area contributed by atoms with Gasteiger partial charge in [0.15, 0.2) is 5.82 Å². The fraction of sp³-hybridized carbons (Fsp3) is 0.464. The Morgan fingerprint density at radius 2 is 2.05 bits per heavy atom. The van der Waals surface area contributed by atoms with Crippen LogP contribution in [0.5, 0.6) is 5.88 Å². The van der Waals surface area contributed by atoms with E-state index in [0.29, 0.717) is 37.5 Å². The SMILES string of the molecule is COc1cc(-c2cc(C(=O)N3CC[C@H](C(=O)NCc4ncc(C5COC5)cc4C)CC34CC4)[nH]n2)c(F)cn1. The molecule has 39 heavy (non-hydrogen) atoms. The molecular weight excluding hydrogens is 503 g/mol. The van der Waals surface area contributed by atoms with E-state index in [0.717, 1.165) is 43.5 Å². The first-order valence-corrected chi connectivity index (χ1v) is 13.2. The van der Waals surface area contributed by atoms with Crippen LogP contribution in [0.15, 0.2) is 30.6 Å². The summed E-state index contributed by atoms with van der Waals surface area (Å²) < 4.78 is 24.7. The molecule has 204 valence electrons. The molecule has 2 N–H and O–H groups in total. The third kappa shape index (κ3) is 4.87. The van der Waals surface area contributed by atoms with E-state index in [2.05, 4.69) is 31.5 Å². The summed E-state index contributed by atoms with van der Waals surface area (Å²) >= 11 is 0. The lowest BCUT2D eigenvalue weighted by molar-refractivity contribution is -0.127. The number of halogens is 1. The number of aromatic amines is 1. The van der Waals surface area contributed by atoms with E-state index in [9.17, 15) is 14.0 Å². The molecule has 6 rings (SSSR count). The highest BCUT2D eigenvalue weighted by atomic mass is 19.1. The van der Waals surface area contributed by atoms with Gasteiger partial charge in [-0.25, -0.2) is 9.37 Å². The second-order valence-electron chi connectivity index (χ2n) is 10.7. The van der Waals surface area contributed by atoms with E-state index < -0.39 is 5.82 Å². The smallest absolute Gasteiger partial charge is 0.272 e. The number of carbonyl (C=O) groups excluding carboxylic acids is 2. The molecule has 1 saturated carbocycles. The van der Waals surface area contributed by atoms with Crippen LogP contribution in [0.4, 0.5) is 4.39 Å². The highest BCUT2D eigenvalue weighted by molar-refractivity contribution is 5.94. The summed E-state index contributed by atoms with van der Waals surface area (Å²) in [4.78, 5) is 36.8. The molecule has 1 aliphatic carbocycles. The number of hydrogen-bond acceptors (Lipinski definition) is 7. The first kappa shape index (κ1) is 25.4. The molecule has 10 nitrogen and oxygen atoms in total. The summed E-state index contributed by atoms with van der Waals surface area (Å²) in [7, 11) is 1.45. The number of carbonyl (C=O) groups is 2. The van der Waals surface area contributed by atoms with Crippen molar-refractivity contribution in [2.45, 2.75) is 50.6 Å². The average Bonchev–Trinajstić information content (AvgIpc) is 3.48. The maximum Gasteiger partial charge on any atom is 0.272 e. The summed E-state index contributed by atoms with van der Waals surface area (Å²) in [5.74, 6) is -0.247. The minimum atomic E-state index is -0.555. The number of aromatic nitrogens is 4. The molecule has 0 aromatic carbocycles. The summed E-state index contributed by atoms with van der Waals surface area (Å²) in [6.07, 6.45) is 5.85. The van der Waals surface area contributed by atoms with Crippen LogP contribution in [0.2, 0.25) is 0 Å². The van der Waals surface area contributed by atoms with Gasteiger partial charge in [-0.15, -0.1) is 0 Å². The normalized spacial score (nSPS) is 20.0. The maximum absolute atomic E-state index is 14.4. The number of nitrogens with zero attached hydrogens (tertiary/aromatic N) is 4. The Bertz CT molecular complexity index is 1420. The number of piperidine rings is 1. The molecule has 0 unspecified atom stereocenters. The molecule has 0 bridgehead atoms. The summed E-state index contributed by atoms with van der Waals surface area (Å²) in [6.45, 7) is 4.34. The first-order chi connectivity index (χ1) is 18.9. The number of hydrogen-bond donors (Lipinski definition) is 2. The van der Waals surface area contributed by atoms with E-state index >= 15 is 0 Å². The number of rotatable bonds is 7. The van der Waals surface area contributed by atoms with E-state index in [4.69, 9.17) is 9.47 Å². The van der Waals surface area contributed by atoms with Crippen molar-refractivity contribution in [2.24, 2.45) is 5.92 Å². The molecule has 11 heteroatoms. The van der Waals surface area contributed by atoms with Gasteiger partial charge in [0, 0.05) is 41.7 Å². The topological polar surface area (TPSA) is 122 Å². The zero-order valence-corrected chi connectivity index (χ0v) is 22.0. The number of pyridine rings is 2. The van der Waals surface area contributed by atoms with Crippen LogP contribution in [0.1, 0.15) is 58.9 Å². The number of ether oxygens (including phenoxy) is 2. The van der Waals surface area contributed by atoms with Gasteiger partial charge in [-0.2, -0.15) is 5.10 Å². The lowest BCUT2D eigenvalue weighted by Gasteiger charge is -2.39. The number of aryl methyl sites for hydroxylation is 1. The van der Waals surface area contributed by atoms with Crippen LogP contribution in [-0.4, -0.2) is 69.3 Å². The second kappa shape index (κ2) is 10.0. The first-order valence-electron chi connectivity index (χ1n) is 13.2. The fourth-order valence-corrected chi connectivity index (χ4v) is 5.57. The Balaban J connectivity index is 1.08. The molecule has 2 aliphatic heterocycles. The molecule has 3 aromatic heterocycles. The lowest BCUT2D eigenvalue weighted by atomic mass is 9.88. The Kier molecular flexibility index (Phi) is 6.54. The molecule has 0 radical (unpaired) electrons. The molecule has 1 spiro atoms. The van der Waals surface area contributed by atoms with Crippen LogP contribution < -0.4 is 10.1 Å². The number of likely N-dealkylation sites (tertiary alicyclic amines) is 1. The van der Waals surface area contributed by atoms with Crippen molar-refractivity contribution in [3.05, 3.63) is 58.9 Å². The number of amides is 2. The van der Waals surface area contributed by atoms with E-state index in [-0.39, 0.29) is 40.4 Å². The molecular formula is C28H31FN6O4. The zero-order valence-electron chi connectivity index (χ0n) is 22.0. The van der Waals surface area contributed by atoms with Crippen LogP contribution in [0, 0.1) is 18.7 Å². The fourth-order valence-electron chi connectivity index (χ4n) is 5.57. The largest absolute Gasteiger partial charge is 0.481 e. The van der Waals surface area contributed by atoms with Gasteiger partial charge in [-0.3, -0.25) is 19.7 Å². The predicted octanol–water partition coefficient (Wildman–Crippen LogP) is 3.14. The molecule has 3 aliphatic rings. The number of nitrogens with one attached hydrogen (secondary N) is 2. The van der Waals surface area contributed by atoms with Gasteiger partial charge in [0.2, 0.25) is 11.8 Å². The average molecular weight is 535 g/mol. The van der Waals surface area contributed by atoms with E-state index in [1.807, 2.05) is 18.0 Å². The van der Waals surface area contributed by atoms with Crippen LogP contribution in [-0.2, 0) is 16.1 Å². The zero-order chi connectivity index (χ0) is 27.1. The van der Waals surface area contributed by atoms with Gasteiger partial charge >= 0.3 is 0 Å². The lowest BCUT2D eigenvalue weighted by Crippen LogP contribution is -2.50. The monoisotopic (exact) mass is 534 g/mol. The maximum atomic E-state index is 14.4. The summed E-state index contributed by atoms with van der Waals surface area (Å²) in [5, 5.41) is 9.99. The van der Waals surface area contributed by atoms with Crippen molar-refractivity contribution in [3.63, 3.8) is 0 Å². The van der Waals surface area contributed by atoms with Crippen LogP contribution in [0.25, 0.3) is 11.3 Å². The van der Waals surface area contributed by atoms with Crippen molar-refractivity contribution in [2.75, 3.05) is 26.9 Å². The Morgan fingerprint density at radius 1 is 1.23 bits per heavy atom. The van der Waals surface area contributed by atoms with Gasteiger partial charge in [-0.05, 0) is 49.8 Å².